The molecule has 0 aliphatic carbocycles. The third-order valence-corrected chi connectivity index (χ3v) is 2.98. The third-order valence-electron chi connectivity index (χ3n) is 2.98. The quantitative estimate of drug-likeness (QED) is 0.860. The van der Waals surface area contributed by atoms with E-state index in [2.05, 4.69) is 4.74 Å². The number of aliphatic hydroxyl groups excluding tert-OH is 1. The number of hydrogen-bond acceptors (Lipinski definition) is 4. The van der Waals surface area contributed by atoms with E-state index < -0.39 is 11.8 Å². The molecule has 0 unspecified atom stereocenters. The monoisotopic (exact) mass is 290 g/mol. The lowest BCUT2D eigenvalue weighted by molar-refractivity contribution is 0.0600. The molecule has 2 aromatic carbocycles. The second kappa shape index (κ2) is 6.85. The zero-order chi connectivity index (χ0) is 15.2. The molecule has 110 valence electrons. The molecule has 4 nitrogen and oxygen atoms in total. The van der Waals surface area contributed by atoms with Crippen molar-refractivity contribution in [1.29, 1.82) is 0 Å². The minimum atomic E-state index is -0.521. The number of ether oxygens (including phenoxy) is 2. The molecule has 0 radical (unpaired) electrons. The molecule has 0 fully saturated rings. The summed E-state index contributed by atoms with van der Waals surface area (Å²) in [5.74, 6) is -0.899. The molecular formula is C16H15FO4. The van der Waals surface area contributed by atoms with Gasteiger partial charge in [0.25, 0.3) is 0 Å². The number of esters is 1. The van der Waals surface area contributed by atoms with E-state index >= 15 is 0 Å². The largest absolute Gasteiger partial charge is 0.485 e. The predicted molar refractivity (Wildman–Crippen MR) is 74.4 cm³/mol. The standard InChI is InChI=1S/C16H15FO4/c1-20-16(19)12-7-5-11(6-8-12)10-21-15-13(9-18)3-2-4-14(15)17/h2-8,18H,9-10H2,1H3. The maximum Gasteiger partial charge on any atom is 0.337 e. The van der Waals surface area contributed by atoms with Gasteiger partial charge >= 0.3 is 5.97 Å². The zero-order valence-electron chi connectivity index (χ0n) is 11.5. The lowest BCUT2D eigenvalue weighted by Gasteiger charge is -2.11. The average molecular weight is 290 g/mol. The lowest BCUT2D eigenvalue weighted by Crippen LogP contribution is -2.03. The fraction of sp³-hybridized carbons (Fsp3) is 0.188. The maximum absolute atomic E-state index is 13.7. The molecule has 21 heavy (non-hydrogen) atoms. The Bertz CT molecular complexity index is 623. The van der Waals surface area contributed by atoms with Crippen LogP contribution in [-0.4, -0.2) is 18.2 Å². The first-order valence-corrected chi connectivity index (χ1v) is 6.34. The summed E-state index contributed by atoms with van der Waals surface area (Å²) >= 11 is 0. The number of aliphatic hydroxyl groups is 1. The Morgan fingerprint density at radius 2 is 1.90 bits per heavy atom. The van der Waals surface area contributed by atoms with Crippen molar-refractivity contribution in [2.45, 2.75) is 13.2 Å². The van der Waals surface area contributed by atoms with Gasteiger partial charge in [-0.3, -0.25) is 0 Å². The first-order chi connectivity index (χ1) is 10.2. The van der Waals surface area contributed by atoms with Crippen molar-refractivity contribution in [3.63, 3.8) is 0 Å². The molecule has 5 heteroatoms. The second-order valence-electron chi connectivity index (χ2n) is 4.36. The summed E-state index contributed by atoms with van der Waals surface area (Å²) in [5.41, 5.74) is 1.60. The molecule has 0 amide bonds. The van der Waals surface area contributed by atoms with Crippen molar-refractivity contribution in [3.05, 3.63) is 65.0 Å². The highest BCUT2D eigenvalue weighted by atomic mass is 19.1. The molecule has 0 heterocycles. The predicted octanol–water partition coefficient (Wildman–Crippen LogP) is 2.68. The Kier molecular flexibility index (Phi) is 4.90. The highest BCUT2D eigenvalue weighted by Crippen LogP contribution is 2.23. The first kappa shape index (κ1) is 15.0. The number of carbonyl (C=O) groups is 1. The Morgan fingerprint density at radius 3 is 2.52 bits per heavy atom. The summed E-state index contributed by atoms with van der Waals surface area (Å²) in [6, 6.07) is 11.0. The van der Waals surface area contributed by atoms with Crippen LogP contribution < -0.4 is 4.74 Å². The topological polar surface area (TPSA) is 55.8 Å². The normalized spacial score (nSPS) is 10.2. The van der Waals surface area contributed by atoms with Crippen molar-refractivity contribution in [2.24, 2.45) is 0 Å². The van der Waals surface area contributed by atoms with E-state index in [9.17, 15) is 9.18 Å². The molecule has 0 spiro atoms. The Balaban J connectivity index is 2.08. The van der Waals surface area contributed by atoms with E-state index in [1.165, 1.54) is 19.2 Å². The van der Waals surface area contributed by atoms with Gasteiger partial charge in [-0.2, -0.15) is 0 Å². The first-order valence-electron chi connectivity index (χ1n) is 6.34. The molecular weight excluding hydrogens is 275 g/mol. The number of carbonyl (C=O) groups excluding carboxylic acids is 1. The number of benzene rings is 2. The molecule has 0 saturated carbocycles. The maximum atomic E-state index is 13.7. The van der Waals surface area contributed by atoms with Crippen molar-refractivity contribution in [3.8, 4) is 5.75 Å². The van der Waals surface area contributed by atoms with Crippen LogP contribution in [-0.2, 0) is 18.0 Å². The van der Waals surface area contributed by atoms with E-state index in [0.717, 1.165) is 5.56 Å². The summed E-state index contributed by atoms with van der Waals surface area (Å²) in [6.45, 7) is -0.163. The van der Waals surface area contributed by atoms with E-state index in [4.69, 9.17) is 9.84 Å². The number of hydrogen-bond donors (Lipinski definition) is 1. The van der Waals surface area contributed by atoms with Crippen LogP contribution in [0.3, 0.4) is 0 Å². The lowest BCUT2D eigenvalue weighted by atomic mass is 10.1. The average Bonchev–Trinajstić information content (AvgIpc) is 2.53. The van der Waals surface area contributed by atoms with Gasteiger partial charge in [0.05, 0.1) is 19.3 Å². The van der Waals surface area contributed by atoms with Crippen LogP contribution in [0.4, 0.5) is 4.39 Å². The Morgan fingerprint density at radius 1 is 1.19 bits per heavy atom. The van der Waals surface area contributed by atoms with Crippen molar-refractivity contribution >= 4 is 5.97 Å². The van der Waals surface area contributed by atoms with Gasteiger partial charge in [-0.15, -0.1) is 0 Å². The van der Waals surface area contributed by atoms with Crippen LogP contribution in [0.5, 0.6) is 5.75 Å². The van der Waals surface area contributed by atoms with Gasteiger partial charge in [0.2, 0.25) is 0 Å². The van der Waals surface area contributed by atoms with Crippen molar-refractivity contribution in [1.82, 2.24) is 0 Å². The van der Waals surface area contributed by atoms with Crippen LogP contribution >= 0.6 is 0 Å². The zero-order valence-corrected chi connectivity index (χ0v) is 11.5. The minimum Gasteiger partial charge on any atom is -0.485 e. The van der Waals surface area contributed by atoms with Crippen LogP contribution in [0.25, 0.3) is 0 Å². The second-order valence-corrected chi connectivity index (χ2v) is 4.36. The van der Waals surface area contributed by atoms with Gasteiger partial charge in [-0.25, -0.2) is 9.18 Å². The van der Waals surface area contributed by atoms with Crippen LogP contribution in [0.1, 0.15) is 21.5 Å². The number of halogens is 1. The summed E-state index contributed by atoms with van der Waals surface area (Å²) in [5, 5.41) is 9.17. The third kappa shape index (κ3) is 3.58. The van der Waals surface area contributed by atoms with E-state index in [1.54, 1.807) is 30.3 Å². The smallest absolute Gasteiger partial charge is 0.337 e. The molecule has 1 N–H and O–H groups in total. The van der Waals surface area contributed by atoms with E-state index in [1.807, 2.05) is 0 Å². The van der Waals surface area contributed by atoms with Gasteiger partial charge < -0.3 is 14.6 Å². The summed E-state index contributed by atoms with van der Waals surface area (Å²) in [4.78, 5) is 11.3. The molecule has 0 aliphatic rings. The molecule has 2 rings (SSSR count). The molecule has 0 aromatic heterocycles. The minimum absolute atomic E-state index is 0.0389. The molecule has 0 aliphatic heterocycles. The molecule has 0 saturated heterocycles. The fourth-order valence-corrected chi connectivity index (χ4v) is 1.85. The van der Waals surface area contributed by atoms with Crippen molar-refractivity contribution in [2.75, 3.05) is 7.11 Å². The van der Waals surface area contributed by atoms with Gasteiger partial charge in [0.15, 0.2) is 11.6 Å². The fourth-order valence-electron chi connectivity index (χ4n) is 1.85. The van der Waals surface area contributed by atoms with E-state index in [-0.39, 0.29) is 19.0 Å². The van der Waals surface area contributed by atoms with Crippen LogP contribution in [0.2, 0.25) is 0 Å². The van der Waals surface area contributed by atoms with E-state index in [0.29, 0.717) is 11.1 Å². The Labute approximate surface area is 121 Å². The van der Waals surface area contributed by atoms with Crippen LogP contribution in [0.15, 0.2) is 42.5 Å². The number of para-hydroxylation sites is 1. The van der Waals surface area contributed by atoms with Crippen molar-refractivity contribution < 1.29 is 23.8 Å². The molecule has 0 bridgehead atoms. The molecule has 2 aromatic rings. The summed E-state index contributed by atoms with van der Waals surface area (Å²) in [6.07, 6.45) is 0. The van der Waals surface area contributed by atoms with Gasteiger partial charge in [-0.05, 0) is 23.8 Å². The highest BCUT2D eigenvalue weighted by Gasteiger charge is 2.10. The highest BCUT2D eigenvalue weighted by molar-refractivity contribution is 5.89. The van der Waals surface area contributed by atoms with Gasteiger partial charge in [0, 0.05) is 5.56 Å². The number of methoxy groups -OCH3 is 1. The summed E-state index contributed by atoms with van der Waals surface area (Å²) in [7, 11) is 1.31. The van der Waals surface area contributed by atoms with Gasteiger partial charge in [-0.1, -0.05) is 24.3 Å². The Hall–Kier alpha value is -2.40. The van der Waals surface area contributed by atoms with Crippen LogP contribution in [0, 0.1) is 5.82 Å². The van der Waals surface area contributed by atoms with Gasteiger partial charge in [0.1, 0.15) is 6.61 Å². The molecule has 0 atom stereocenters. The number of rotatable bonds is 5. The summed E-state index contributed by atoms with van der Waals surface area (Å²) < 4.78 is 23.7. The SMILES string of the molecule is COC(=O)c1ccc(COc2c(F)cccc2CO)cc1.